The highest BCUT2D eigenvalue weighted by Gasteiger charge is 2.18. The minimum absolute atomic E-state index is 0.221. The van der Waals surface area contributed by atoms with Gasteiger partial charge in [-0.1, -0.05) is 78.1 Å². The lowest BCUT2D eigenvalue weighted by Crippen LogP contribution is -2.39. The third-order valence-electron chi connectivity index (χ3n) is 4.37. The number of aryl methyl sites for hydroxylation is 1. The number of unbranched alkanes of at least 4 members (excludes halogenated alkanes) is 2. The number of rotatable bonds is 9. The normalized spacial score (nSPS) is 12.6. The summed E-state index contributed by atoms with van der Waals surface area (Å²) in [4.78, 5) is 0.221. The van der Waals surface area contributed by atoms with Gasteiger partial charge in [-0.05, 0) is 38.3 Å². The predicted molar refractivity (Wildman–Crippen MR) is 111 cm³/mol. The first-order valence-corrected chi connectivity index (χ1v) is 13.5. The molecule has 0 saturated carbocycles. The summed E-state index contributed by atoms with van der Waals surface area (Å²) in [6, 6.07) is 17.3. The van der Waals surface area contributed by atoms with Crippen molar-refractivity contribution < 1.29 is 12.6 Å². The lowest BCUT2D eigenvalue weighted by Gasteiger charge is -2.18. The molecule has 140 valence electrons. The first-order valence-electron chi connectivity index (χ1n) is 9.01. The largest absolute Gasteiger partial charge is 0.296 e. The van der Waals surface area contributed by atoms with Crippen molar-refractivity contribution in [2.75, 3.05) is 6.61 Å². The fraction of sp³-hybridized carbons (Fsp3) is 0.333. The van der Waals surface area contributed by atoms with E-state index in [4.69, 9.17) is 4.18 Å². The van der Waals surface area contributed by atoms with E-state index in [0.29, 0.717) is 0 Å². The Hall–Kier alpha value is -1.69. The summed E-state index contributed by atoms with van der Waals surface area (Å²) in [5.41, 5.74) is 3.38. The highest BCUT2D eigenvalue weighted by Crippen LogP contribution is 2.14. The fourth-order valence-electron chi connectivity index (χ4n) is 2.65. The van der Waals surface area contributed by atoms with Crippen LogP contribution in [-0.2, 0) is 14.3 Å². The maximum absolute atomic E-state index is 12.1. The van der Waals surface area contributed by atoms with Crippen molar-refractivity contribution in [3.63, 3.8) is 0 Å². The van der Waals surface area contributed by atoms with Gasteiger partial charge in [0.1, 0.15) is 8.07 Å². The van der Waals surface area contributed by atoms with Crippen LogP contribution in [-0.4, -0.2) is 23.1 Å². The standard InChI is InChI=1S/C21H28O3SSi/c1-19-13-15-20(16-14-19)25(22,23)24-17-9-4-5-10-18-26(2,3)21-11-7-6-8-12-21/h6-8,10-16,18H,4-5,9,17H2,1-3H3. The summed E-state index contributed by atoms with van der Waals surface area (Å²) in [5, 5.41) is 1.42. The van der Waals surface area contributed by atoms with Gasteiger partial charge in [-0.2, -0.15) is 8.42 Å². The molecule has 0 N–H and O–H groups in total. The Balaban J connectivity index is 1.73. The van der Waals surface area contributed by atoms with Crippen LogP contribution in [0.3, 0.4) is 0 Å². The van der Waals surface area contributed by atoms with Crippen LogP contribution in [0.15, 0.2) is 71.3 Å². The summed E-state index contributed by atoms with van der Waals surface area (Å²) in [6.07, 6.45) is 4.81. The van der Waals surface area contributed by atoms with Gasteiger partial charge in [0.05, 0.1) is 11.5 Å². The Morgan fingerprint density at radius 3 is 2.27 bits per heavy atom. The Labute approximate surface area is 158 Å². The Bertz CT molecular complexity index is 810. The van der Waals surface area contributed by atoms with Crippen molar-refractivity contribution in [1.82, 2.24) is 0 Å². The summed E-state index contributed by atoms with van der Waals surface area (Å²) in [5.74, 6) is 0. The van der Waals surface area contributed by atoms with Crippen molar-refractivity contribution >= 4 is 23.4 Å². The van der Waals surface area contributed by atoms with Crippen LogP contribution in [0.1, 0.15) is 24.8 Å². The van der Waals surface area contributed by atoms with E-state index in [1.54, 1.807) is 24.3 Å². The summed E-state index contributed by atoms with van der Waals surface area (Å²) in [6.45, 7) is 6.81. The average molecular weight is 389 g/mol. The van der Waals surface area contributed by atoms with Crippen LogP contribution < -0.4 is 5.19 Å². The SMILES string of the molecule is Cc1ccc(S(=O)(=O)OCCCCC=C[Si](C)(C)c2ccccc2)cc1. The summed E-state index contributed by atoms with van der Waals surface area (Å²) < 4.78 is 29.3. The monoisotopic (exact) mass is 388 g/mol. The maximum Gasteiger partial charge on any atom is 0.296 e. The highest BCUT2D eigenvalue weighted by molar-refractivity contribution is 7.86. The molecule has 0 radical (unpaired) electrons. The second-order valence-corrected chi connectivity index (χ2v) is 13.0. The van der Waals surface area contributed by atoms with Crippen molar-refractivity contribution in [1.29, 1.82) is 0 Å². The van der Waals surface area contributed by atoms with Crippen LogP contribution in [0, 0.1) is 6.92 Å². The molecule has 0 aliphatic heterocycles. The molecular weight excluding hydrogens is 360 g/mol. The van der Waals surface area contributed by atoms with Gasteiger partial charge >= 0.3 is 0 Å². The molecule has 0 saturated heterocycles. The van der Waals surface area contributed by atoms with E-state index in [2.05, 4.69) is 49.1 Å². The molecule has 0 heterocycles. The summed E-state index contributed by atoms with van der Waals surface area (Å²) >= 11 is 0. The van der Waals surface area contributed by atoms with Gasteiger partial charge in [0.2, 0.25) is 0 Å². The highest BCUT2D eigenvalue weighted by atomic mass is 32.2. The molecule has 5 heteroatoms. The van der Waals surface area contributed by atoms with Crippen LogP contribution in [0.5, 0.6) is 0 Å². The average Bonchev–Trinajstić information content (AvgIpc) is 2.62. The molecule has 0 amide bonds. The van der Waals surface area contributed by atoms with Crippen LogP contribution in [0.25, 0.3) is 0 Å². The number of benzene rings is 2. The van der Waals surface area contributed by atoms with Crippen LogP contribution in [0.4, 0.5) is 0 Å². The van der Waals surface area contributed by atoms with Gasteiger partial charge in [-0.15, -0.1) is 0 Å². The molecular formula is C21H28O3SSi. The molecule has 0 aliphatic rings. The molecule has 0 spiro atoms. The topological polar surface area (TPSA) is 43.4 Å². The molecule has 3 nitrogen and oxygen atoms in total. The van der Waals surface area contributed by atoms with Crippen molar-refractivity contribution in [2.45, 2.75) is 44.2 Å². The lowest BCUT2D eigenvalue weighted by atomic mass is 10.2. The van der Waals surface area contributed by atoms with E-state index in [1.807, 2.05) is 13.0 Å². The molecule has 0 aliphatic carbocycles. The van der Waals surface area contributed by atoms with Gasteiger partial charge in [-0.3, -0.25) is 4.18 Å². The summed E-state index contributed by atoms with van der Waals surface area (Å²) in [7, 11) is -5.17. The van der Waals surface area contributed by atoms with Crippen LogP contribution in [0.2, 0.25) is 13.1 Å². The molecule has 0 unspecified atom stereocenters. The maximum atomic E-state index is 12.1. The minimum atomic E-state index is -3.64. The Morgan fingerprint density at radius 1 is 0.962 bits per heavy atom. The zero-order chi connectivity index (χ0) is 19.0. The van der Waals surface area contributed by atoms with Crippen molar-refractivity contribution in [3.05, 3.63) is 71.9 Å². The minimum Gasteiger partial charge on any atom is -0.266 e. The smallest absolute Gasteiger partial charge is 0.266 e. The molecule has 0 aromatic heterocycles. The van der Waals surface area contributed by atoms with E-state index in [1.165, 1.54) is 5.19 Å². The molecule has 0 atom stereocenters. The van der Waals surface area contributed by atoms with E-state index in [9.17, 15) is 8.42 Å². The van der Waals surface area contributed by atoms with Gasteiger partial charge in [-0.25, -0.2) is 0 Å². The predicted octanol–water partition coefficient (Wildman–Crippen LogP) is 4.58. The zero-order valence-corrected chi connectivity index (χ0v) is 17.6. The fourth-order valence-corrected chi connectivity index (χ4v) is 5.59. The third kappa shape index (κ3) is 6.23. The first-order chi connectivity index (χ1) is 12.3. The van der Waals surface area contributed by atoms with Gasteiger partial charge < -0.3 is 0 Å². The van der Waals surface area contributed by atoms with Crippen molar-refractivity contribution in [3.8, 4) is 0 Å². The zero-order valence-electron chi connectivity index (χ0n) is 15.8. The number of hydrogen-bond acceptors (Lipinski definition) is 3. The van der Waals surface area contributed by atoms with Crippen LogP contribution >= 0.6 is 0 Å². The Morgan fingerprint density at radius 2 is 1.62 bits per heavy atom. The Kier molecular flexibility index (Phi) is 7.38. The van der Waals surface area contributed by atoms with E-state index < -0.39 is 18.2 Å². The number of allylic oxidation sites excluding steroid dienone is 1. The number of hydrogen-bond donors (Lipinski definition) is 0. The molecule has 26 heavy (non-hydrogen) atoms. The quantitative estimate of drug-likeness (QED) is 0.359. The van der Waals surface area contributed by atoms with E-state index >= 15 is 0 Å². The second kappa shape index (κ2) is 9.30. The molecule has 2 rings (SSSR count). The molecule has 2 aromatic rings. The van der Waals surface area contributed by atoms with Gasteiger partial charge in [0, 0.05) is 0 Å². The first kappa shape index (κ1) is 20.6. The van der Waals surface area contributed by atoms with Gasteiger partial charge in [0.25, 0.3) is 10.1 Å². The van der Waals surface area contributed by atoms with E-state index in [0.717, 1.165) is 24.8 Å². The van der Waals surface area contributed by atoms with Gasteiger partial charge in [0.15, 0.2) is 0 Å². The lowest BCUT2D eigenvalue weighted by molar-refractivity contribution is 0.309. The van der Waals surface area contributed by atoms with Crippen molar-refractivity contribution in [2.24, 2.45) is 0 Å². The third-order valence-corrected chi connectivity index (χ3v) is 8.58. The molecule has 0 fully saturated rings. The molecule has 0 bridgehead atoms. The second-order valence-electron chi connectivity index (χ2n) is 7.08. The van der Waals surface area contributed by atoms with E-state index in [-0.39, 0.29) is 11.5 Å². The molecule has 2 aromatic carbocycles.